The molecule has 6 heteroatoms. The molecule has 124 valence electrons. The number of hydrogen-bond acceptors (Lipinski definition) is 6. The van der Waals surface area contributed by atoms with Gasteiger partial charge in [-0.15, -0.1) is 0 Å². The first-order chi connectivity index (χ1) is 11.2. The van der Waals surface area contributed by atoms with E-state index < -0.39 is 0 Å². The average Bonchev–Trinajstić information content (AvgIpc) is 2.54. The van der Waals surface area contributed by atoms with Crippen LogP contribution in [0.5, 0.6) is 0 Å². The third-order valence-electron chi connectivity index (χ3n) is 4.57. The molecule has 2 aliphatic rings. The molecule has 0 bridgehead atoms. The maximum atomic E-state index is 4.61. The highest BCUT2D eigenvalue weighted by molar-refractivity contribution is 7.80. The molecule has 0 N–H and O–H groups in total. The summed E-state index contributed by atoms with van der Waals surface area (Å²) in [5, 5.41) is 16.6. The van der Waals surface area contributed by atoms with Crippen LogP contribution in [-0.4, -0.2) is 32.1 Å². The smallest absolute Gasteiger partial charge is 0.171 e. The van der Waals surface area contributed by atoms with Crippen LogP contribution >= 0.6 is 12.6 Å². The first kappa shape index (κ1) is 16.4. The number of thiol groups is 1. The second-order valence-electron chi connectivity index (χ2n) is 6.33. The summed E-state index contributed by atoms with van der Waals surface area (Å²) in [6.07, 6.45) is 5.68. The molecule has 5 nitrogen and oxygen atoms in total. The Bertz CT molecular complexity index is 622. The largest absolute Gasteiger partial charge is 0.371 e. The summed E-state index contributed by atoms with van der Waals surface area (Å²) >= 11 is 4.61. The van der Waals surface area contributed by atoms with Crippen molar-refractivity contribution in [3.63, 3.8) is 0 Å². The van der Waals surface area contributed by atoms with Crippen LogP contribution in [0.4, 0.5) is 11.4 Å². The lowest BCUT2D eigenvalue weighted by atomic mass is 9.86. The second-order valence-corrected chi connectivity index (χ2v) is 7.21. The van der Waals surface area contributed by atoms with E-state index in [1.807, 2.05) is 0 Å². The topological polar surface area (TPSA) is 52.7 Å². The predicted molar refractivity (Wildman–Crippen MR) is 97.6 cm³/mol. The van der Waals surface area contributed by atoms with E-state index in [4.69, 9.17) is 0 Å². The number of azo groups is 2. The van der Waals surface area contributed by atoms with E-state index in [0.29, 0.717) is 11.9 Å². The van der Waals surface area contributed by atoms with Crippen LogP contribution in [-0.2, 0) is 19.3 Å². The minimum absolute atomic E-state index is 0.297. The van der Waals surface area contributed by atoms with Gasteiger partial charge in [0, 0.05) is 31.1 Å². The van der Waals surface area contributed by atoms with Crippen molar-refractivity contribution >= 4 is 24.0 Å². The van der Waals surface area contributed by atoms with Crippen molar-refractivity contribution in [2.45, 2.75) is 44.3 Å². The molecule has 23 heavy (non-hydrogen) atoms. The van der Waals surface area contributed by atoms with Crippen molar-refractivity contribution < 1.29 is 0 Å². The van der Waals surface area contributed by atoms with Gasteiger partial charge in [-0.25, -0.2) is 0 Å². The molecule has 0 aromatic heterocycles. The minimum Gasteiger partial charge on any atom is -0.371 e. The summed E-state index contributed by atoms with van der Waals surface area (Å²) in [4.78, 5) is 2.57. The van der Waals surface area contributed by atoms with Crippen molar-refractivity contribution in [2.75, 3.05) is 31.7 Å². The Morgan fingerprint density at radius 3 is 2.74 bits per heavy atom. The maximum absolute atomic E-state index is 4.61. The molecule has 2 aliphatic heterocycles. The Morgan fingerprint density at radius 1 is 1.22 bits per heavy atom. The molecule has 1 atom stereocenters. The van der Waals surface area contributed by atoms with Crippen LogP contribution in [0, 0.1) is 0 Å². The molecule has 0 aliphatic carbocycles. The van der Waals surface area contributed by atoms with Crippen LogP contribution in [0.25, 0.3) is 0 Å². The SMILES string of the molecule is C/N=N/C/N=N/c1cc2c3c(c1CC(C)S)CCCN3CCC2. The fraction of sp³-hybridized carbons (Fsp3) is 0.647. The summed E-state index contributed by atoms with van der Waals surface area (Å²) in [5.74, 6) is 0. The molecule has 0 fully saturated rings. The van der Waals surface area contributed by atoms with Gasteiger partial charge in [0.1, 0.15) is 0 Å². The zero-order valence-electron chi connectivity index (χ0n) is 14.0. The molecule has 1 unspecified atom stereocenters. The highest BCUT2D eigenvalue weighted by Gasteiger charge is 2.27. The van der Waals surface area contributed by atoms with Gasteiger partial charge < -0.3 is 4.90 Å². The Balaban J connectivity index is 2.05. The standard InChI is InChI=1S/C17H25N5S/c1-12(23)9-15-14-6-4-8-22-7-3-5-13(17(14)22)10-16(15)21-20-11-19-18-2/h10,12,23H,3-9,11H2,1-2H3/b19-18+,21-20+. The maximum Gasteiger partial charge on any atom is 0.171 e. The van der Waals surface area contributed by atoms with Crippen molar-refractivity contribution in [3.05, 3.63) is 22.8 Å². The van der Waals surface area contributed by atoms with Gasteiger partial charge in [-0.3, -0.25) is 0 Å². The van der Waals surface area contributed by atoms with Gasteiger partial charge in [0.15, 0.2) is 6.67 Å². The summed E-state index contributed by atoms with van der Waals surface area (Å²) in [6, 6.07) is 2.24. The van der Waals surface area contributed by atoms with Gasteiger partial charge in [0.2, 0.25) is 0 Å². The van der Waals surface area contributed by atoms with Gasteiger partial charge in [-0.2, -0.15) is 33.1 Å². The molecule has 2 heterocycles. The van der Waals surface area contributed by atoms with E-state index >= 15 is 0 Å². The first-order valence-corrected chi connectivity index (χ1v) is 8.96. The van der Waals surface area contributed by atoms with E-state index in [2.05, 4.69) is 51.0 Å². The van der Waals surface area contributed by atoms with Crippen LogP contribution in [0.1, 0.15) is 36.5 Å². The molecular formula is C17H25N5S. The Morgan fingerprint density at radius 2 is 2.00 bits per heavy atom. The van der Waals surface area contributed by atoms with Gasteiger partial charge in [0.25, 0.3) is 0 Å². The van der Waals surface area contributed by atoms with Crippen molar-refractivity contribution in [2.24, 2.45) is 20.5 Å². The zero-order chi connectivity index (χ0) is 16.2. The predicted octanol–water partition coefficient (Wildman–Crippen LogP) is 4.37. The van der Waals surface area contributed by atoms with Crippen LogP contribution in [0.3, 0.4) is 0 Å². The molecule has 3 rings (SSSR count). The number of aryl methyl sites for hydroxylation is 1. The second kappa shape index (κ2) is 7.43. The van der Waals surface area contributed by atoms with E-state index in [9.17, 15) is 0 Å². The lowest BCUT2D eigenvalue weighted by Crippen LogP contribution is -2.35. The third-order valence-corrected chi connectivity index (χ3v) is 4.75. The quantitative estimate of drug-likeness (QED) is 0.632. The van der Waals surface area contributed by atoms with Crippen molar-refractivity contribution in [3.8, 4) is 0 Å². The zero-order valence-corrected chi connectivity index (χ0v) is 14.9. The number of nitrogens with zero attached hydrogens (tertiary/aromatic N) is 5. The molecule has 0 spiro atoms. The molecular weight excluding hydrogens is 306 g/mol. The normalized spacial score (nSPS) is 18.7. The Hall–Kier alpha value is -1.43. The summed E-state index contributed by atoms with van der Waals surface area (Å²) in [5.41, 5.74) is 6.75. The molecule has 0 saturated carbocycles. The van der Waals surface area contributed by atoms with Crippen LogP contribution < -0.4 is 4.90 Å². The van der Waals surface area contributed by atoms with Gasteiger partial charge in [-0.1, -0.05) is 6.92 Å². The van der Waals surface area contributed by atoms with Crippen molar-refractivity contribution in [1.29, 1.82) is 0 Å². The van der Waals surface area contributed by atoms with Crippen molar-refractivity contribution in [1.82, 2.24) is 0 Å². The Kier molecular flexibility index (Phi) is 5.30. The minimum atomic E-state index is 0.297. The number of hydrogen-bond donors (Lipinski definition) is 1. The summed E-state index contributed by atoms with van der Waals surface area (Å²) in [6.45, 7) is 4.81. The van der Waals surface area contributed by atoms with E-state index in [-0.39, 0.29) is 0 Å². The number of anilines is 1. The van der Waals surface area contributed by atoms with Gasteiger partial charge in [-0.05, 0) is 54.9 Å². The van der Waals surface area contributed by atoms with Gasteiger partial charge >= 0.3 is 0 Å². The van der Waals surface area contributed by atoms with Gasteiger partial charge in [0.05, 0.1) is 5.69 Å². The third kappa shape index (κ3) is 3.57. The highest BCUT2D eigenvalue weighted by atomic mass is 32.1. The highest BCUT2D eigenvalue weighted by Crippen LogP contribution is 2.42. The average molecular weight is 331 g/mol. The molecule has 0 radical (unpaired) electrons. The van der Waals surface area contributed by atoms with E-state index in [0.717, 1.165) is 24.9 Å². The molecule has 1 aromatic carbocycles. The number of rotatable bonds is 5. The fourth-order valence-electron chi connectivity index (χ4n) is 3.72. The van der Waals surface area contributed by atoms with E-state index in [1.54, 1.807) is 7.05 Å². The lowest BCUT2D eigenvalue weighted by Gasteiger charge is -2.38. The molecule has 0 amide bonds. The van der Waals surface area contributed by atoms with E-state index in [1.165, 1.54) is 48.3 Å². The van der Waals surface area contributed by atoms with Crippen LogP contribution in [0.15, 0.2) is 26.5 Å². The number of benzene rings is 1. The Labute approximate surface area is 143 Å². The molecule has 0 saturated heterocycles. The monoisotopic (exact) mass is 331 g/mol. The fourth-order valence-corrected chi connectivity index (χ4v) is 3.90. The lowest BCUT2D eigenvalue weighted by molar-refractivity contribution is 0.629. The summed E-state index contributed by atoms with van der Waals surface area (Å²) in [7, 11) is 1.65. The first-order valence-electron chi connectivity index (χ1n) is 8.44. The molecule has 1 aromatic rings. The summed E-state index contributed by atoms with van der Waals surface area (Å²) < 4.78 is 0. The van der Waals surface area contributed by atoms with Crippen LogP contribution in [0.2, 0.25) is 0 Å².